The zero-order valence-electron chi connectivity index (χ0n) is 17.6. The van der Waals surface area contributed by atoms with Gasteiger partial charge in [0.1, 0.15) is 28.7 Å². The molecule has 0 aliphatic rings. The molecule has 0 unspecified atom stereocenters. The molecule has 31 heavy (non-hydrogen) atoms. The SMILES string of the molecule is COC(=O)[C@H](Cc1ccc2oc(-c3ccc(O)cc3O)nc2c1)NC(=O)OC(C)(C)C. The van der Waals surface area contributed by atoms with Crippen molar-refractivity contribution in [1.29, 1.82) is 0 Å². The Bertz CT molecular complexity index is 1110. The van der Waals surface area contributed by atoms with Gasteiger partial charge in [-0.05, 0) is 50.6 Å². The maximum atomic E-state index is 12.2. The third kappa shape index (κ3) is 5.44. The number of carbonyl (C=O) groups is 2. The number of ether oxygens (including phenoxy) is 2. The van der Waals surface area contributed by atoms with E-state index in [1.54, 1.807) is 39.0 Å². The van der Waals surface area contributed by atoms with E-state index in [0.717, 1.165) is 0 Å². The highest BCUT2D eigenvalue weighted by Gasteiger charge is 2.25. The zero-order valence-corrected chi connectivity index (χ0v) is 17.6. The molecule has 0 radical (unpaired) electrons. The van der Waals surface area contributed by atoms with E-state index >= 15 is 0 Å². The molecule has 0 saturated heterocycles. The average Bonchev–Trinajstić information content (AvgIpc) is 3.08. The summed E-state index contributed by atoms with van der Waals surface area (Å²) in [4.78, 5) is 28.6. The minimum Gasteiger partial charge on any atom is -0.508 e. The van der Waals surface area contributed by atoms with Gasteiger partial charge in [0, 0.05) is 12.5 Å². The number of benzene rings is 2. The summed E-state index contributed by atoms with van der Waals surface area (Å²) >= 11 is 0. The van der Waals surface area contributed by atoms with Crippen LogP contribution in [0.15, 0.2) is 40.8 Å². The number of hydrogen-bond donors (Lipinski definition) is 3. The smallest absolute Gasteiger partial charge is 0.408 e. The van der Waals surface area contributed by atoms with Gasteiger partial charge < -0.3 is 29.4 Å². The number of aromatic hydroxyl groups is 2. The van der Waals surface area contributed by atoms with Crippen molar-refractivity contribution in [2.75, 3.05) is 7.11 Å². The molecule has 3 aromatic rings. The van der Waals surface area contributed by atoms with Gasteiger partial charge in [0.15, 0.2) is 5.58 Å². The number of amides is 1. The molecule has 2 aromatic carbocycles. The van der Waals surface area contributed by atoms with Crippen LogP contribution in [0.3, 0.4) is 0 Å². The van der Waals surface area contributed by atoms with Gasteiger partial charge in [-0.3, -0.25) is 0 Å². The second-order valence-electron chi connectivity index (χ2n) is 7.95. The molecule has 3 N–H and O–H groups in total. The first-order valence-corrected chi connectivity index (χ1v) is 9.55. The Balaban J connectivity index is 1.83. The van der Waals surface area contributed by atoms with Crippen LogP contribution in [0.4, 0.5) is 4.79 Å². The number of oxazole rings is 1. The number of rotatable bonds is 5. The minimum atomic E-state index is -0.954. The lowest BCUT2D eigenvalue weighted by molar-refractivity contribution is -0.143. The summed E-state index contributed by atoms with van der Waals surface area (Å²) in [6.45, 7) is 5.17. The molecule has 0 spiro atoms. The van der Waals surface area contributed by atoms with E-state index in [-0.39, 0.29) is 23.8 Å². The van der Waals surface area contributed by atoms with Crippen LogP contribution in [-0.2, 0) is 20.7 Å². The first-order valence-electron chi connectivity index (χ1n) is 9.55. The van der Waals surface area contributed by atoms with E-state index in [0.29, 0.717) is 22.2 Å². The first-order chi connectivity index (χ1) is 14.6. The minimum absolute atomic E-state index is 0.0778. The van der Waals surface area contributed by atoms with Crippen molar-refractivity contribution in [3.05, 3.63) is 42.0 Å². The van der Waals surface area contributed by atoms with Crippen LogP contribution in [-0.4, -0.2) is 46.0 Å². The van der Waals surface area contributed by atoms with Gasteiger partial charge in [-0.25, -0.2) is 14.6 Å². The number of fused-ring (bicyclic) bond motifs is 1. The number of carbonyl (C=O) groups excluding carboxylic acids is 2. The molecular weight excluding hydrogens is 404 g/mol. The molecule has 164 valence electrons. The maximum Gasteiger partial charge on any atom is 0.408 e. The Morgan fingerprint density at radius 2 is 1.90 bits per heavy atom. The highest BCUT2D eigenvalue weighted by Crippen LogP contribution is 2.33. The predicted molar refractivity (Wildman–Crippen MR) is 112 cm³/mol. The fourth-order valence-electron chi connectivity index (χ4n) is 2.94. The lowest BCUT2D eigenvalue weighted by Crippen LogP contribution is -2.45. The number of aromatic nitrogens is 1. The molecule has 1 heterocycles. The number of phenols is 2. The molecule has 3 rings (SSSR count). The van der Waals surface area contributed by atoms with E-state index in [1.807, 2.05) is 0 Å². The highest BCUT2D eigenvalue weighted by molar-refractivity contribution is 5.82. The highest BCUT2D eigenvalue weighted by atomic mass is 16.6. The van der Waals surface area contributed by atoms with Crippen molar-refractivity contribution >= 4 is 23.2 Å². The Labute approximate surface area is 178 Å². The number of methoxy groups -OCH3 is 1. The Kier molecular flexibility index (Phi) is 6.05. The van der Waals surface area contributed by atoms with Crippen LogP contribution in [0.2, 0.25) is 0 Å². The average molecular weight is 428 g/mol. The fourth-order valence-corrected chi connectivity index (χ4v) is 2.94. The van der Waals surface area contributed by atoms with Gasteiger partial charge in [-0.2, -0.15) is 0 Å². The second-order valence-corrected chi connectivity index (χ2v) is 7.95. The van der Waals surface area contributed by atoms with Gasteiger partial charge in [0.25, 0.3) is 0 Å². The molecule has 1 atom stereocenters. The van der Waals surface area contributed by atoms with Crippen molar-refractivity contribution in [2.45, 2.75) is 38.8 Å². The number of phenolic OH excluding ortho intramolecular Hbond substituents is 2. The summed E-state index contributed by atoms with van der Waals surface area (Å²) in [6, 6.07) is 8.28. The molecule has 0 fully saturated rings. The molecule has 0 aliphatic heterocycles. The summed E-state index contributed by atoms with van der Waals surface area (Å²) < 4.78 is 15.7. The fraction of sp³-hybridized carbons (Fsp3) is 0.318. The molecule has 1 amide bonds. The molecule has 9 nitrogen and oxygen atoms in total. The van der Waals surface area contributed by atoms with Crippen LogP contribution in [0.5, 0.6) is 11.5 Å². The van der Waals surface area contributed by atoms with E-state index in [2.05, 4.69) is 10.3 Å². The largest absolute Gasteiger partial charge is 0.508 e. The number of esters is 1. The first kappa shape index (κ1) is 21.9. The molecular formula is C22H24N2O7. The summed E-state index contributed by atoms with van der Waals surface area (Å²) in [5, 5.41) is 22.0. The lowest BCUT2D eigenvalue weighted by Gasteiger charge is -2.22. The third-order valence-electron chi connectivity index (χ3n) is 4.28. The van der Waals surface area contributed by atoms with E-state index in [9.17, 15) is 19.8 Å². The van der Waals surface area contributed by atoms with E-state index in [4.69, 9.17) is 13.9 Å². The van der Waals surface area contributed by atoms with Gasteiger partial charge in [-0.15, -0.1) is 0 Å². The predicted octanol–water partition coefficient (Wildman–Crippen LogP) is 3.51. The maximum absolute atomic E-state index is 12.2. The van der Waals surface area contributed by atoms with E-state index in [1.165, 1.54) is 25.3 Å². The molecule has 0 aliphatic carbocycles. The van der Waals surface area contributed by atoms with Crippen LogP contribution >= 0.6 is 0 Å². The Morgan fingerprint density at radius 3 is 2.55 bits per heavy atom. The van der Waals surface area contributed by atoms with Gasteiger partial charge in [0.2, 0.25) is 5.89 Å². The van der Waals surface area contributed by atoms with Gasteiger partial charge >= 0.3 is 12.1 Å². The molecule has 1 aromatic heterocycles. The van der Waals surface area contributed by atoms with Gasteiger partial charge in [0.05, 0.1) is 12.7 Å². The number of hydrogen-bond acceptors (Lipinski definition) is 8. The standard InChI is InChI=1S/C22H24N2O7/c1-22(2,3)31-21(28)24-16(20(27)29-4)10-12-5-8-18-15(9-12)23-19(30-18)14-7-6-13(25)11-17(14)26/h5-9,11,16,25-26H,10H2,1-4H3,(H,24,28)/t16-/m0/s1. The quantitative estimate of drug-likeness (QED) is 0.526. The van der Waals surface area contributed by atoms with Crippen LogP contribution < -0.4 is 5.32 Å². The van der Waals surface area contributed by atoms with Crippen molar-refractivity contribution < 1.29 is 33.7 Å². The number of alkyl carbamates (subject to hydrolysis) is 1. The second kappa shape index (κ2) is 8.55. The molecule has 9 heteroatoms. The Morgan fingerprint density at radius 1 is 1.16 bits per heavy atom. The lowest BCUT2D eigenvalue weighted by atomic mass is 10.1. The summed E-state index contributed by atoms with van der Waals surface area (Å²) in [5.41, 5.74) is 1.30. The van der Waals surface area contributed by atoms with Crippen LogP contribution in [0, 0.1) is 0 Å². The third-order valence-corrected chi connectivity index (χ3v) is 4.28. The van der Waals surface area contributed by atoms with Gasteiger partial charge in [-0.1, -0.05) is 6.07 Å². The summed E-state index contributed by atoms with van der Waals surface area (Å²) in [6.07, 6.45) is -0.579. The van der Waals surface area contributed by atoms with Crippen molar-refractivity contribution in [2.24, 2.45) is 0 Å². The van der Waals surface area contributed by atoms with Crippen molar-refractivity contribution in [3.8, 4) is 23.0 Å². The molecule has 0 bridgehead atoms. The monoisotopic (exact) mass is 428 g/mol. The van der Waals surface area contributed by atoms with E-state index < -0.39 is 23.7 Å². The normalized spacial score (nSPS) is 12.4. The Hall–Kier alpha value is -3.75. The van der Waals surface area contributed by atoms with Crippen LogP contribution in [0.1, 0.15) is 26.3 Å². The number of nitrogens with zero attached hydrogens (tertiary/aromatic N) is 1. The topological polar surface area (TPSA) is 131 Å². The summed E-state index contributed by atoms with van der Waals surface area (Å²) in [5.74, 6) is -0.674. The zero-order chi connectivity index (χ0) is 22.8. The summed E-state index contributed by atoms with van der Waals surface area (Å²) in [7, 11) is 1.24. The number of nitrogens with one attached hydrogen (secondary N) is 1. The molecule has 0 saturated carbocycles. The van der Waals surface area contributed by atoms with Crippen molar-refractivity contribution in [3.63, 3.8) is 0 Å². The van der Waals surface area contributed by atoms with Crippen molar-refractivity contribution in [1.82, 2.24) is 10.3 Å². The van der Waals surface area contributed by atoms with Crippen LogP contribution in [0.25, 0.3) is 22.6 Å².